The molecular formula is C18H26N4O3S. The van der Waals surface area contributed by atoms with E-state index in [9.17, 15) is 13.2 Å². The van der Waals surface area contributed by atoms with E-state index in [2.05, 4.69) is 10.4 Å². The maximum atomic E-state index is 12.4. The fraction of sp³-hybridized carbons (Fsp3) is 0.444. The maximum Gasteiger partial charge on any atom is 0.246 e. The Bertz CT molecular complexity index is 873. The van der Waals surface area contributed by atoms with Gasteiger partial charge in [-0.2, -0.15) is 5.10 Å². The summed E-state index contributed by atoms with van der Waals surface area (Å²) in [6, 6.07) is 9.94. The molecule has 0 saturated carbocycles. The second kappa shape index (κ2) is 8.01. The molecule has 0 bridgehead atoms. The Labute approximate surface area is 155 Å². The number of sulfonamides is 1. The molecule has 1 atom stereocenters. The van der Waals surface area contributed by atoms with Crippen LogP contribution in [0.25, 0.3) is 0 Å². The first kappa shape index (κ1) is 20.1. The van der Waals surface area contributed by atoms with E-state index >= 15 is 0 Å². The van der Waals surface area contributed by atoms with E-state index < -0.39 is 10.0 Å². The number of hydrogen-bond acceptors (Lipinski definition) is 4. The van der Waals surface area contributed by atoms with Gasteiger partial charge in [0.05, 0.1) is 11.4 Å². The molecule has 26 heavy (non-hydrogen) atoms. The van der Waals surface area contributed by atoms with E-state index in [1.165, 1.54) is 18.8 Å². The predicted molar refractivity (Wildman–Crippen MR) is 100 cm³/mol. The molecule has 1 aromatic heterocycles. The quantitative estimate of drug-likeness (QED) is 0.794. The first-order valence-electron chi connectivity index (χ1n) is 8.42. The predicted octanol–water partition coefficient (Wildman–Crippen LogP) is 1.67. The second-order valence-electron chi connectivity index (χ2n) is 6.56. The van der Waals surface area contributed by atoms with Crippen LogP contribution in [0.1, 0.15) is 29.8 Å². The topological polar surface area (TPSA) is 84.3 Å². The van der Waals surface area contributed by atoms with Crippen molar-refractivity contribution in [3.63, 3.8) is 0 Å². The third kappa shape index (κ3) is 4.31. The van der Waals surface area contributed by atoms with Crippen LogP contribution in [0.3, 0.4) is 0 Å². The van der Waals surface area contributed by atoms with Crippen LogP contribution < -0.4 is 5.32 Å². The van der Waals surface area contributed by atoms with Crippen LogP contribution in [-0.2, 0) is 21.4 Å². The molecule has 0 aliphatic rings. The summed E-state index contributed by atoms with van der Waals surface area (Å²) in [6.07, 6.45) is 0. The number of aromatic nitrogens is 2. The monoisotopic (exact) mass is 378 g/mol. The molecule has 0 radical (unpaired) electrons. The van der Waals surface area contributed by atoms with Crippen molar-refractivity contribution >= 4 is 15.9 Å². The average Bonchev–Trinajstić information content (AvgIpc) is 2.87. The van der Waals surface area contributed by atoms with Gasteiger partial charge in [-0.3, -0.25) is 9.48 Å². The summed E-state index contributed by atoms with van der Waals surface area (Å²) in [4.78, 5) is 12.4. The smallest absolute Gasteiger partial charge is 0.246 e. The lowest BCUT2D eigenvalue weighted by Crippen LogP contribution is -2.31. The van der Waals surface area contributed by atoms with E-state index in [0.717, 1.165) is 9.87 Å². The lowest BCUT2D eigenvalue weighted by atomic mass is 10.0. The normalized spacial score (nSPS) is 13.0. The molecule has 8 heteroatoms. The first-order valence-corrected chi connectivity index (χ1v) is 9.86. The van der Waals surface area contributed by atoms with Crippen LogP contribution in [0.15, 0.2) is 35.2 Å². The molecular weight excluding hydrogens is 352 g/mol. The van der Waals surface area contributed by atoms with Crippen molar-refractivity contribution in [2.75, 3.05) is 20.6 Å². The fourth-order valence-corrected chi connectivity index (χ4v) is 4.01. The molecule has 0 unspecified atom stereocenters. The minimum atomic E-state index is -3.60. The number of nitrogens with zero attached hydrogens (tertiary/aromatic N) is 3. The van der Waals surface area contributed by atoms with Crippen molar-refractivity contribution in [3.8, 4) is 0 Å². The van der Waals surface area contributed by atoms with Crippen LogP contribution in [-0.4, -0.2) is 49.1 Å². The fourth-order valence-electron chi connectivity index (χ4n) is 2.75. The SMILES string of the molecule is Cc1nn(CC(=O)NC[C@@H](C)c2ccccc2)c(C)c1S(=O)(=O)N(C)C. The summed E-state index contributed by atoms with van der Waals surface area (Å²) < 4.78 is 27.4. The van der Waals surface area contributed by atoms with Gasteiger partial charge in [0.1, 0.15) is 11.4 Å². The summed E-state index contributed by atoms with van der Waals surface area (Å²) in [5, 5.41) is 7.12. The number of rotatable bonds is 7. The highest BCUT2D eigenvalue weighted by Crippen LogP contribution is 2.21. The molecule has 0 spiro atoms. The summed E-state index contributed by atoms with van der Waals surface area (Å²) in [5.74, 6) is -0.0162. The van der Waals surface area contributed by atoms with Crippen LogP contribution in [0.4, 0.5) is 0 Å². The van der Waals surface area contributed by atoms with Crippen LogP contribution in [0.5, 0.6) is 0 Å². The molecule has 2 rings (SSSR count). The zero-order chi connectivity index (χ0) is 19.5. The molecule has 1 N–H and O–H groups in total. The molecule has 2 aromatic rings. The third-order valence-corrected chi connectivity index (χ3v) is 6.39. The van der Waals surface area contributed by atoms with Crippen molar-refractivity contribution in [2.24, 2.45) is 0 Å². The Morgan fingerprint density at radius 1 is 1.23 bits per heavy atom. The van der Waals surface area contributed by atoms with E-state index in [1.54, 1.807) is 13.8 Å². The van der Waals surface area contributed by atoms with Gasteiger partial charge in [-0.1, -0.05) is 37.3 Å². The van der Waals surface area contributed by atoms with E-state index in [1.807, 2.05) is 37.3 Å². The van der Waals surface area contributed by atoms with Gasteiger partial charge in [0.15, 0.2) is 0 Å². The number of aryl methyl sites for hydroxylation is 1. The largest absolute Gasteiger partial charge is 0.354 e. The first-order chi connectivity index (χ1) is 12.1. The van der Waals surface area contributed by atoms with Crippen molar-refractivity contribution in [2.45, 2.75) is 38.1 Å². The van der Waals surface area contributed by atoms with Gasteiger partial charge in [0.2, 0.25) is 15.9 Å². The maximum absolute atomic E-state index is 12.4. The Morgan fingerprint density at radius 3 is 2.42 bits per heavy atom. The number of carbonyl (C=O) groups is 1. The molecule has 7 nitrogen and oxygen atoms in total. The molecule has 142 valence electrons. The molecule has 0 saturated heterocycles. The number of carbonyl (C=O) groups excluding carboxylic acids is 1. The van der Waals surface area contributed by atoms with Crippen molar-refractivity contribution in [3.05, 3.63) is 47.3 Å². The summed E-state index contributed by atoms with van der Waals surface area (Å²) in [6.45, 7) is 5.83. The van der Waals surface area contributed by atoms with Gasteiger partial charge in [0, 0.05) is 20.6 Å². The van der Waals surface area contributed by atoms with Gasteiger partial charge < -0.3 is 5.32 Å². The molecule has 1 heterocycles. The Balaban J connectivity index is 2.06. The van der Waals surface area contributed by atoms with Gasteiger partial charge in [-0.15, -0.1) is 0 Å². The van der Waals surface area contributed by atoms with Gasteiger partial charge in [0.25, 0.3) is 0 Å². The highest BCUT2D eigenvalue weighted by Gasteiger charge is 2.27. The van der Waals surface area contributed by atoms with E-state index in [-0.39, 0.29) is 23.3 Å². The van der Waals surface area contributed by atoms with Crippen LogP contribution >= 0.6 is 0 Å². The molecule has 1 aromatic carbocycles. The molecule has 0 aliphatic carbocycles. The Kier molecular flexibility index (Phi) is 6.20. The van der Waals surface area contributed by atoms with E-state index in [4.69, 9.17) is 0 Å². The third-order valence-electron chi connectivity index (χ3n) is 4.32. The number of benzene rings is 1. The lowest BCUT2D eigenvalue weighted by Gasteiger charge is -2.14. The van der Waals surface area contributed by atoms with Crippen molar-refractivity contribution in [1.82, 2.24) is 19.4 Å². The number of amides is 1. The lowest BCUT2D eigenvalue weighted by molar-refractivity contribution is -0.121. The summed E-state index contributed by atoms with van der Waals surface area (Å²) >= 11 is 0. The zero-order valence-corrected chi connectivity index (χ0v) is 16.7. The van der Waals surface area contributed by atoms with E-state index in [0.29, 0.717) is 17.9 Å². The Hall–Kier alpha value is -2.19. The summed E-state index contributed by atoms with van der Waals surface area (Å²) in [5.41, 5.74) is 2.00. The molecule has 1 amide bonds. The minimum absolute atomic E-state index is 0.0167. The van der Waals surface area contributed by atoms with Gasteiger partial charge in [-0.25, -0.2) is 12.7 Å². The Morgan fingerprint density at radius 2 is 1.85 bits per heavy atom. The number of hydrogen-bond donors (Lipinski definition) is 1. The highest BCUT2D eigenvalue weighted by molar-refractivity contribution is 7.89. The standard InChI is InChI=1S/C18H26N4O3S/c1-13(16-9-7-6-8-10-16)11-19-17(23)12-22-15(3)18(14(2)20-22)26(24,25)21(4)5/h6-10,13H,11-12H2,1-5H3,(H,19,23)/t13-/m1/s1. The zero-order valence-electron chi connectivity index (χ0n) is 15.9. The number of nitrogens with one attached hydrogen (secondary N) is 1. The van der Waals surface area contributed by atoms with Crippen molar-refractivity contribution < 1.29 is 13.2 Å². The van der Waals surface area contributed by atoms with Crippen LogP contribution in [0.2, 0.25) is 0 Å². The van der Waals surface area contributed by atoms with Gasteiger partial charge in [-0.05, 0) is 25.3 Å². The van der Waals surface area contributed by atoms with Crippen LogP contribution in [0, 0.1) is 13.8 Å². The average molecular weight is 378 g/mol. The minimum Gasteiger partial charge on any atom is -0.354 e. The molecule has 0 fully saturated rings. The van der Waals surface area contributed by atoms with Crippen molar-refractivity contribution in [1.29, 1.82) is 0 Å². The summed E-state index contributed by atoms with van der Waals surface area (Å²) in [7, 11) is -0.646. The molecule has 0 aliphatic heterocycles. The van der Waals surface area contributed by atoms with Gasteiger partial charge >= 0.3 is 0 Å². The highest BCUT2D eigenvalue weighted by atomic mass is 32.2. The second-order valence-corrected chi connectivity index (χ2v) is 8.65.